The molecule has 0 bridgehead atoms. The van der Waals surface area contributed by atoms with Gasteiger partial charge in [-0.2, -0.15) is 13.2 Å². The van der Waals surface area contributed by atoms with Crippen LogP contribution < -0.4 is 10.2 Å². The third kappa shape index (κ3) is 5.89. The van der Waals surface area contributed by atoms with Crippen molar-refractivity contribution in [3.05, 3.63) is 59.7 Å². The van der Waals surface area contributed by atoms with Crippen molar-refractivity contribution in [3.63, 3.8) is 0 Å². The van der Waals surface area contributed by atoms with E-state index in [1.807, 2.05) is 44.2 Å². The summed E-state index contributed by atoms with van der Waals surface area (Å²) < 4.78 is 40.9. The van der Waals surface area contributed by atoms with Crippen LogP contribution in [0.4, 0.5) is 29.3 Å². The zero-order chi connectivity index (χ0) is 22.5. The van der Waals surface area contributed by atoms with Crippen LogP contribution in [-0.4, -0.2) is 42.8 Å². The van der Waals surface area contributed by atoms with Crippen LogP contribution in [0.25, 0.3) is 0 Å². The molecule has 8 heteroatoms. The molecule has 1 unspecified atom stereocenters. The van der Waals surface area contributed by atoms with E-state index in [-0.39, 0.29) is 24.8 Å². The number of amides is 2. The fourth-order valence-electron chi connectivity index (χ4n) is 3.13. The molecule has 164 valence electrons. The van der Waals surface area contributed by atoms with Gasteiger partial charge in [0.05, 0.1) is 23.9 Å². The predicted molar refractivity (Wildman–Crippen MR) is 112 cm³/mol. The highest BCUT2D eigenvalue weighted by molar-refractivity contribution is 5.91. The summed E-state index contributed by atoms with van der Waals surface area (Å²) in [6.45, 7) is 3.55. The van der Waals surface area contributed by atoms with Gasteiger partial charge in [0.2, 0.25) is 0 Å². The molecule has 30 heavy (non-hydrogen) atoms. The lowest BCUT2D eigenvalue weighted by Crippen LogP contribution is -2.47. The topological polar surface area (TPSA) is 55.8 Å². The third-order valence-corrected chi connectivity index (χ3v) is 4.88. The van der Waals surface area contributed by atoms with E-state index in [0.29, 0.717) is 5.69 Å². The Hall–Kier alpha value is -2.74. The Labute approximate surface area is 175 Å². The van der Waals surface area contributed by atoms with E-state index in [1.165, 1.54) is 17.0 Å². The summed E-state index contributed by atoms with van der Waals surface area (Å²) in [7, 11) is 3.29. The van der Waals surface area contributed by atoms with Gasteiger partial charge in [0.15, 0.2) is 0 Å². The lowest BCUT2D eigenvalue weighted by Gasteiger charge is -2.33. The quantitative estimate of drug-likeness (QED) is 0.671. The van der Waals surface area contributed by atoms with Gasteiger partial charge in [-0.25, -0.2) is 4.79 Å². The zero-order valence-corrected chi connectivity index (χ0v) is 17.6. The molecule has 0 fully saturated rings. The Balaban J connectivity index is 2.39. The number of carbonyl (C=O) groups is 1. The number of anilines is 2. The van der Waals surface area contributed by atoms with E-state index in [1.54, 1.807) is 19.0 Å². The Morgan fingerprint density at radius 2 is 1.73 bits per heavy atom. The maximum absolute atomic E-state index is 13.6. The molecular weight excluding hydrogens is 395 g/mol. The van der Waals surface area contributed by atoms with E-state index in [9.17, 15) is 23.1 Å². The number of hydrogen-bond acceptors (Lipinski definition) is 3. The lowest BCUT2D eigenvalue weighted by atomic mass is 10.0. The van der Waals surface area contributed by atoms with Crippen LogP contribution in [-0.2, 0) is 12.7 Å². The standard InChI is InChI=1S/C22H28F3N3O2/c1-15(2)20(14-29)28(13-16-8-6-5-7-9-16)21(30)26-19-11-10-17(27(3)4)12-18(19)22(23,24)25/h5-12,15,20,29H,13-14H2,1-4H3,(H,26,30). The summed E-state index contributed by atoms with van der Waals surface area (Å²) >= 11 is 0. The summed E-state index contributed by atoms with van der Waals surface area (Å²) in [5.74, 6) is -0.0948. The van der Waals surface area contributed by atoms with Crippen molar-refractivity contribution < 1.29 is 23.1 Å². The normalized spacial score (nSPS) is 12.6. The molecule has 0 aliphatic carbocycles. The number of rotatable bonds is 7. The van der Waals surface area contributed by atoms with Gasteiger partial charge in [0.25, 0.3) is 0 Å². The molecule has 0 aliphatic rings. The minimum absolute atomic E-state index is 0.0948. The number of aliphatic hydroxyl groups excluding tert-OH is 1. The number of urea groups is 1. The van der Waals surface area contributed by atoms with Crippen LogP contribution in [0, 0.1) is 5.92 Å². The molecule has 2 rings (SSSR count). The first-order chi connectivity index (χ1) is 14.0. The largest absolute Gasteiger partial charge is 0.418 e. The molecule has 2 aromatic carbocycles. The van der Waals surface area contributed by atoms with E-state index in [2.05, 4.69) is 5.32 Å². The van der Waals surface area contributed by atoms with Gasteiger partial charge in [0, 0.05) is 26.3 Å². The third-order valence-electron chi connectivity index (χ3n) is 4.88. The summed E-state index contributed by atoms with van der Waals surface area (Å²) in [6, 6.07) is 11.6. The Kier molecular flexibility index (Phi) is 7.72. The average molecular weight is 423 g/mol. The number of hydrogen-bond donors (Lipinski definition) is 2. The van der Waals surface area contributed by atoms with E-state index in [0.717, 1.165) is 11.6 Å². The molecule has 0 saturated heterocycles. The smallest absolute Gasteiger partial charge is 0.394 e. The highest BCUT2D eigenvalue weighted by Crippen LogP contribution is 2.37. The molecule has 0 spiro atoms. The van der Waals surface area contributed by atoms with E-state index < -0.39 is 23.8 Å². The number of aliphatic hydroxyl groups is 1. The predicted octanol–water partition coefficient (Wildman–Crippen LogP) is 4.82. The summed E-state index contributed by atoms with van der Waals surface area (Å²) in [6.07, 6.45) is -4.63. The molecular formula is C22H28F3N3O2. The second-order valence-corrected chi connectivity index (χ2v) is 7.66. The number of benzene rings is 2. The van der Waals surface area contributed by atoms with Crippen molar-refractivity contribution in [1.82, 2.24) is 4.90 Å². The van der Waals surface area contributed by atoms with Crippen LogP contribution >= 0.6 is 0 Å². The van der Waals surface area contributed by atoms with Gasteiger partial charge in [-0.1, -0.05) is 44.2 Å². The molecule has 0 saturated carbocycles. The first-order valence-corrected chi connectivity index (χ1v) is 9.65. The lowest BCUT2D eigenvalue weighted by molar-refractivity contribution is -0.136. The van der Waals surface area contributed by atoms with E-state index >= 15 is 0 Å². The maximum atomic E-state index is 13.6. The second kappa shape index (κ2) is 9.84. The Morgan fingerprint density at radius 1 is 1.10 bits per heavy atom. The van der Waals surface area contributed by atoms with Gasteiger partial charge >= 0.3 is 12.2 Å². The minimum Gasteiger partial charge on any atom is -0.394 e. The van der Waals surface area contributed by atoms with Gasteiger partial charge in [-0.05, 0) is 29.7 Å². The van der Waals surface area contributed by atoms with Crippen molar-refractivity contribution >= 4 is 17.4 Å². The zero-order valence-electron chi connectivity index (χ0n) is 17.6. The van der Waals surface area contributed by atoms with Crippen molar-refractivity contribution in [3.8, 4) is 0 Å². The first kappa shape index (κ1) is 23.5. The SMILES string of the molecule is CC(C)C(CO)N(Cc1ccccc1)C(=O)Nc1ccc(N(C)C)cc1C(F)(F)F. The fraction of sp³-hybridized carbons (Fsp3) is 0.409. The molecule has 1 atom stereocenters. The monoisotopic (exact) mass is 423 g/mol. The van der Waals surface area contributed by atoms with Crippen LogP contribution in [0.3, 0.4) is 0 Å². The van der Waals surface area contributed by atoms with Gasteiger partial charge in [-0.15, -0.1) is 0 Å². The number of nitrogens with one attached hydrogen (secondary N) is 1. The second-order valence-electron chi connectivity index (χ2n) is 7.66. The van der Waals surface area contributed by atoms with Crippen LogP contribution in [0.2, 0.25) is 0 Å². The summed E-state index contributed by atoms with van der Waals surface area (Å²) in [5.41, 5.74) is -0.0638. The maximum Gasteiger partial charge on any atom is 0.418 e. The summed E-state index contributed by atoms with van der Waals surface area (Å²) in [4.78, 5) is 16.0. The van der Waals surface area contributed by atoms with Gasteiger partial charge in [-0.3, -0.25) is 0 Å². The van der Waals surface area contributed by atoms with Gasteiger partial charge in [0.1, 0.15) is 0 Å². The molecule has 2 aromatic rings. The fourth-order valence-corrected chi connectivity index (χ4v) is 3.13. The number of carbonyl (C=O) groups excluding carboxylic acids is 1. The minimum atomic E-state index is -4.63. The van der Waals surface area contributed by atoms with E-state index in [4.69, 9.17) is 0 Å². The highest BCUT2D eigenvalue weighted by atomic mass is 19.4. The van der Waals surface area contributed by atoms with Crippen LogP contribution in [0.5, 0.6) is 0 Å². The average Bonchev–Trinajstić information content (AvgIpc) is 2.67. The van der Waals surface area contributed by atoms with Crippen molar-refractivity contribution in [2.45, 2.75) is 32.6 Å². The molecule has 0 aromatic heterocycles. The van der Waals surface area contributed by atoms with Crippen molar-refractivity contribution in [1.29, 1.82) is 0 Å². The highest BCUT2D eigenvalue weighted by Gasteiger charge is 2.35. The molecule has 2 N–H and O–H groups in total. The molecule has 5 nitrogen and oxygen atoms in total. The Bertz CT molecular complexity index is 839. The number of alkyl halides is 3. The molecule has 0 radical (unpaired) electrons. The number of nitrogens with zero attached hydrogens (tertiary/aromatic N) is 2. The molecule has 0 aliphatic heterocycles. The van der Waals surface area contributed by atoms with Gasteiger partial charge < -0.3 is 20.2 Å². The van der Waals surface area contributed by atoms with Crippen molar-refractivity contribution in [2.75, 3.05) is 30.9 Å². The van der Waals surface area contributed by atoms with Crippen molar-refractivity contribution in [2.24, 2.45) is 5.92 Å². The number of halogens is 3. The molecule has 2 amide bonds. The first-order valence-electron chi connectivity index (χ1n) is 9.65. The molecule has 0 heterocycles. The van der Waals surface area contributed by atoms with Crippen LogP contribution in [0.15, 0.2) is 48.5 Å². The summed E-state index contributed by atoms with van der Waals surface area (Å²) in [5, 5.41) is 12.2. The van der Waals surface area contributed by atoms with Crippen LogP contribution in [0.1, 0.15) is 25.0 Å². The Morgan fingerprint density at radius 3 is 2.23 bits per heavy atom.